The molecule has 4 rings (SSSR count). The van der Waals surface area contributed by atoms with Crippen LogP contribution in [0.3, 0.4) is 0 Å². The first-order chi connectivity index (χ1) is 14.1. The molecule has 0 saturated heterocycles. The van der Waals surface area contributed by atoms with E-state index in [-0.39, 0.29) is 18.4 Å². The molecule has 8 heteroatoms. The van der Waals surface area contributed by atoms with Crippen LogP contribution in [0.15, 0.2) is 48.5 Å². The number of carbonyl (C=O) groups excluding carboxylic acids is 1. The van der Waals surface area contributed by atoms with E-state index in [9.17, 15) is 4.79 Å². The maximum absolute atomic E-state index is 12.6. The molecule has 0 aliphatic carbocycles. The third kappa shape index (κ3) is 4.25. The fourth-order valence-electron chi connectivity index (χ4n) is 2.82. The average Bonchev–Trinajstić information content (AvgIpc) is 3.20. The van der Waals surface area contributed by atoms with Crippen molar-refractivity contribution in [2.75, 3.05) is 12.1 Å². The van der Waals surface area contributed by atoms with Gasteiger partial charge in [-0.3, -0.25) is 4.79 Å². The predicted molar refractivity (Wildman–Crippen MR) is 105 cm³/mol. The number of nitrogens with zero attached hydrogens (tertiary/aromatic N) is 3. The summed E-state index contributed by atoms with van der Waals surface area (Å²) < 4.78 is 10.6. The molecule has 0 saturated carbocycles. The van der Waals surface area contributed by atoms with E-state index >= 15 is 0 Å². The molecule has 2 aromatic carbocycles. The molecule has 2 N–H and O–H groups in total. The van der Waals surface area contributed by atoms with Crippen LogP contribution in [-0.4, -0.2) is 22.7 Å². The molecule has 144 valence electrons. The quantitative estimate of drug-likeness (QED) is 0.692. The summed E-state index contributed by atoms with van der Waals surface area (Å²) >= 11 is 0. The Morgan fingerprint density at radius 1 is 1.10 bits per heavy atom. The van der Waals surface area contributed by atoms with Gasteiger partial charge in [-0.25, -0.2) is 9.97 Å². The Morgan fingerprint density at radius 2 is 1.90 bits per heavy atom. The predicted octanol–water partition coefficient (Wildman–Crippen LogP) is 3.06. The average molecular weight is 387 g/mol. The number of aromatic nitrogens is 2. The van der Waals surface area contributed by atoms with Crippen molar-refractivity contribution in [3.63, 3.8) is 0 Å². The van der Waals surface area contributed by atoms with Gasteiger partial charge in [0.1, 0.15) is 5.69 Å². The maximum atomic E-state index is 12.6. The van der Waals surface area contributed by atoms with Gasteiger partial charge < -0.3 is 20.1 Å². The zero-order valence-corrected chi connectivity index (χ0v) is 15.6. The number of aryl methyl sites for hydroxylation is 1. The van der Waals surface area contributed by atoms with Crippen molar-refractivity contribution in [1.29, 1.82) is 5.26 Å². The summed E-state index contributed by atoms with van der Waals surface area (Å²) in [5.41, 5.74) is 3.09. The Hall–Kier alpha value is -4.12. The van der Waals surface area contributed by atoms with Gasteiger partial charge in [-0.05, 0) is 55.0 Å². The van der Waals surface area contributed by atoms with Gasteiger partial charge in [0.15, 0.2) is 11.5 Å². The summed E-state index contributed by atoms with van der Waals surface area (Å²) in [4.78, 5) is 21.2. The number of benzene rings is 2. The van der Waals surface area contributed by atoms with Crippen LogP contribution in [0.5, 0.6) is 11.5 Å². The van der Waals surface area contributed by atoms with Crippen molar-refractivity contribution in [2.24, 2.45) is 0 Å². The van der Waals surface area contributed by atoms with Crippen LogP contribution < -0.4 is 20.1 Å². The van der Waals surface area contributed by atoms with Gasteiger partial charge in [0.25, 0.3) is 5.91 Å². The van der Waals surface area contributed by atoms with Gasteiger partial charge in [-0.1, -0.05) is 6.07 Å². The molecule has 2 heterocycles. The third-order valence-corrected chi connectivity index (χ3v) is 4.25. The number of hydrogen-bond acceptors (Lipinski definition) is 7. The number of anilines is 2. The van der Waals surface area contributed by atoms with E-state index in [2.05, 4.69) is 26.7 Å². The van der Waals surface area contributed by atoms with Crippen molar-refractivity contribution < 1.29 is 14.3 Å². The molecule has 1 aliphatic rings. The Bertz CT molecular complexity index is 1110. The molecule has 0 radical (unpaired) electrons. The smallest absolute Gasteiger partial charge is 0.270 e. The number of nitrogens with one attached hydrogen (secondary N) is 2. The zero-order chi connectivity index (χ0) is 20.2. The van der Waals surface area contributed by atoms with Gasteiger partial charge in [0, 0.05) is 17.9 Å². The van der Waals surface area contributed by atoms with E-state index in [1.165, 1.54) is 0 Å². The molecule has 0 atom stereocenters. The summed E-state index contributed by atoms with van der Waals surface area (Å²) in [6.45, 7) is 2.33. The number of hydrogen-bond donors (Lipinski definition) is 2. The van der Waals surface area contributed by atoms with Gasteiger partial charge in [0.05, 0.1) is 11.6 Å². The number of amides is 1. The number of ether oxygens (including phenoxy) is 2. The second kappa shape index (κ2) is 7.86. The lowest BCUT2D eigenvalue weighted by atomic mass is 10.2. The molecule has 0 unspecified atom stereocenters. The molecule has 1 aliphatic heterocycles. The highest BCUT2D eigenvalue weighted by Gasteiger charge is 2.15. The number of fused-ring (bicyclic) bond motifs is 1. The van der Waals surface area contributed by atoms with E-state index < -0.39 is 0 Å². The Kier molecular flexibility index (Phi) is 4.95. The highest BCUT2D eigenvalue weighted by Crippen LogP contribution is 2.32. The fraction of sp³-hybridized carbons (Fsp3) is 0.143. The first-order valence-electron chi connectivity index (χ1n) is 8.90. The molecule has 1 amide bonds. The van der Waals surface area contributed by atoms with E-state index in [1.807, 2.05) is 18.2 Å². The van der Waals surface area contributed by atoms with E-state index in [0.29, 0.717) is 35.2 Å². The van der Waals surface area contributed by atoms with Crippen LogP contribution >= 0.6 is 0 Å². The summed E-state index contributed by atoms with van der Waals surface area (Å²) in [5.74, 6) is 1.37. The summed E-state index contributed by atoms with van der Waals surface area (Å²) in [5, 5.41) is 14.8. The van der Waals surface area contributed by atoms with Crippen LogP contribution in [0.2, 0.25) is 0 Å². The van der Waals surface area contributed by atoms with E-state index in [4.69, 9.17) is 14.7 Å². The lowest BCUT2D eigenvalue weighted by Gasteiger charge is -2.09. The summed E-state index contributed by atoms with van der Waals surface area (Å²) in [6.07, 6.45) is 0. The van der Waals surface area contributed by atoms with E-state index in [0.717, 1.165) is 11.3 Å². The first-order valence-corrected chi connectivity index (χ1v) is 8.90. The minimum Gasteiger partial charge on any atom is -0.454 e. The number of nitriles is 1. The fourth-order valence-corrected chi connectivity index (χ4v) is 2.82. The van der Waals surface area contributed by atoms with Gasteiger partial charge >= 0.3 is 0 Å². The first kappa shape index (κ1) is 18.3. The second-order valence-electron chi connectivity index (χ2n) is 6.40. The minimum absolute atomic E-state index is 0.209. The SMILES string of the molecule is Cc1cc(C(=O)NCc2ccc3c(c2)OCO3)nc(Nc2ccc(C#N)cc2)n1. The Morgan fingerprint density at radius 3 is 2.69 bits per heavy atom. The van der Waals surface area contributed by atoms with Crippen molar-refractivity contribution >= 4 is 17.5 Å². The third-order valence-electron chi connectivity index (χ3n) is 4.25. The van der Waals surface area contributed by atoms with Crippen LogP contribution in [0.1, 0.15) is 27.3 Å². The van der Waals surface area contributed by atoms with Crippen molar-refractivity contribution in [3.8, 4) is 17.6 Å². The topological polar surface area (TPSA) is 109 Å². The lowest BCUT2D eigenvalue weighted by molar-refractivity contribution is 0.0945. The van der Waals surface area contributed by atoms with Crippen LogP contribution in [-0.2, 0) is 6.54 Å². The van der Waals surface area contributed by atoms with Gasteiger partial charge in [-0.2, -0.15) is 5.26 Å². The standard InChI is InChI=1S/C21H17N5O3/c1-13-8-17(26-21(24-13)25-16-5-2-14(10-22)3-6-16)20(27)23-11-15-4-7-18-19(9-15)29-12-28-18/h2-9H,11-12H2,1H3,(H,23,27)(H,24,25,26). The largest absolute Gasteiger partial charge is 0.454 e. The molecular weight excluding hydrogens is 370 g/mol. The van der Waals surface area contributed by atoms with Crippen molar-refractivity contribution in [2.45, 2.75) is 13.5 Å². The molecule has 0 fully saturated rings. The monoisotopic (exact) mass is 387 g/mol. The minimum atomic E-state index is -0.309. The lowest BCUT2D eigenvalue weighted by Crippen LogP contribution is -2.24. The molecule has 8 nitrogen and oxygen atoms in total. The molecular formula is C21H17N5O3. The highest BCUT2D eigenvalue weighted by molar-refractivity contribution is 5.92. The van der Waals surface area contributed by atoms with E-state index in [1.54, 1.807) is 37.3 Å². The van der Waals surface area contributed by atoms with Crippen molar-refractivity contribution in [1.82, 2.24) is 15.3 Å². The summed E-state index contributed by atoms with van der Waals surface area (Å²) in [7, 11) is 0. The maximum Gasteiger partial charge on any atom is 0.270 e. The van der Waals surface area contributed by atoms with Crippen LogP contribution in [0.4, 0.5) is 11.6 Å². The number of carbonyl (C=O) groups is 1. The van der Waals surface area contributed by atoms with Gasteiger partial charge in [-0.15, -0.1) is 0 Å². The number of rotatable bonds is 5. The molecule has 3 aromatic rings. The summed E-state index contributed by atoms with van der Waals surface area (Å²) in [6, 6.07) is 16.1. The van der Waals surface area contributed by atoms with Gasteiger partial charge in [0.2, 0.25) is 12.7 Å². The highest BCUT2D eigenvalue weighted by atomic mass is 16.7. The zero-order valence-electron chi connectivity index (χ0n) is 15.6. The van der Waals surface area contributed by atoms with Crippen LogP contribution in [0.25, 0.3) is 0 Å². The molecule has 29 heavy (non-hydrogen) atoms. The Labute approximate surface area is 167 Å². The van der Waals surface area contributed by atoms with Crippen molar-refractivity contribution in [3.05, 3.63) is 71.0 Å². The normalized spacial score (nSPS) is 11.6. The molecule has 1 aromatic heterocycles. The molecule has 0 bridgehead atoms. The second-order valence-corrected chi connectivity index (χ2v) is 6.40. The Balaban J connectivity index is 1.44. The van der Waals surface area contributed by atoms with Crippen LogP contribution in [0, 0.1) is 18.3 Å². The molecule has 0 spiro atoms.